The van der Waals surface area contributed by atoms with Gasteiger partial charge in [-0.1, -0.05) is 38.0 Å². The van der Waals surface area contributed by atoms with Crippen LogP contribution in [0.15, 0.2) is 24.3 Å². The van der Waals surface area contributed by atoms with Gasteiger partial charge in [-0.15, -0.1) is 0 Å². The molecule has 1 aromatic heterocycles. The number of aryl methyl sites for hydroxylation is 1. The van der Waals surface area contributed by atoms with Crippen molar-refractivity contribution in [2.24, 2.45) is 5.92 Å². The molecule has 0 bridgehead atoms. The van der Waals surface area contributed by atoms with Gasteiger partial charge in [0.2, 0.25) is 5.91 Å². The van der Waals surface area contributed by atoms with E-state index in [0.29, 0.717) is 18.5 Å². The van der Waals surface area contributed by atoms with Gasteiger partial charge in [0.25, 0.3) is 0 Å². The maximum atomic E-state index is 12.3. The minimum absolute atomic E-state index is 0.0713. The summed E-state index contributed by atoms with van der Waals surface area (Å²) in [6.07, 6.45) is 4.83. The van der Waals surface area contributed by atoms with Crippen LogP contribution >= 0.6 is 0 Å². The first-order chi connectivity index (χ1) is 10.1. The molecule has 1 N–H and O–H groups in total. The second-order valence-corrected chi connectivity index (χ2v) is 6.20. The molecule has 0 aliphatic heterocycles. The predicted molar refractivity (Wildman–Crippen MR) is 84.0 cm³/mol. The molecular formula is C17H23N3O. The monoisotopic (exact) mass is 285 g/mol. The van der Waals surface area contributed by atoms with Gasteiger partial charge in [0, 0.05) is 11.4 Å². The van der Waals surface area contributed by atoms with Crippen molar-refractivity contribution in [1.29, 1.82) is 0 Å². The second kappa shape index (κ2) is 5.88. The number of hydrogen-bond acceptors (Lipinski definition) is 2. The third-order valence-electron chi connectivity index (χ3n) is 4.59. The Hall–Kier alpha value is -1.84. The standard InChI is InChI=1S/C17H23N3O/c1-12-7-3-5-9-15(12)18-17(21)11-20-16-10-6-4-8-14(16)13(2)19-20/h4,6,8,10,12,15H,3,5,7,9,11H2,1-2H3,(H,18,21). The number of para-hydroxylation sites is 1. The fourth-order valence-corrected chi connectivity index (χ4v) is 3.33. The highest BCUT2D eigenvalue weighted by Crippen LogP contribution is 2.24. The lowest BCUT2D eigenvalue weighted by atomic mass is 9.86. The van der Waals surface area contributed by atoms with Crippen molar-refractivity contribution < 1.29 is 4.79 Å². The van der Waals surface area contributed by atoms with Crippen LogP contribution in [-0.2, 0) is 11.3 Å². The van der Waals surface area contributed by atoms with E-state index in [-0.39, 0.29) is 5.91 Å². The molecule has 1 aliphatic rings. The summed E-state index contributed by atoms with van der Waals surface area (Å²) in [6, 6.07) is 8.39. The molecule has 1 heterocycles. The Bertz CT molecular complexity index is 647. The fourth-order valence-electron chi connectivity index (χ4n) is 3.33. The van der Waals surface area contributed by atoms with Crippen LogP contribution in [0.3, 0.4) is 0 Å². The third kappa shape index (κ3) is 2.94. The highest BCUT2D eigenvalue weighted by atomic mass is 16.2. The topological polar surface area (TPSA) is 46.9 Å². The van der Waals surface area contributed by atoms with Crippen molar-refractivity contribution in [2.75, 3.05) is 0 Å². The summed E-state index contributed by atoms with van der Waals surface area (Å²) in [5.74, 6) is 0.654. The first-order valence-corrected chi connectivity index (χ1v) is 7.86. The molecule has 0 radical (unpaired) electrons. The Labute approximate surface area is 125 Å². The van der Waals surface area contributed by atoms with Gasteiger partial charge < -0.3 is 5.32 Å². The predicted octanol–water partition coefficient (Wildman–Crippen LogP) is 3.04. The summed E-state index contributed by atoms with van der Waals surface area (Å²) in [6.45, 7) is 4.52. The van der Waals surface area contributed by atoms with Gasteiger partial charge in [0.15, 0.2) is 0 Å². The average Bonchev–Trinajstić information content (AvgIpc) is 2.79. The molecule has 4 nitrogen and oxygen atoms in total. The van der Waals surface area contributed by atoms with Crippen LogP contribution in [-0.4, -0.2) is 21.7 Å². The Morgan fingerprint density at radius 2 is 2.10 bits per heavy atom. The summed E-state index contributed by atoms with van der Waals surface area (Å²) < 4.78 is 1.81. The van der Waals surface area contributed by atoms with Gasteiger partial charge >= 0.3 is 0 Å². The van der Waals surface area contributed by atoms with Crippen LogP contribution in [0.5, 0.6) is 0 Å². The smallest absolute Gasteiger partial charge is 0.241 e. The first-order valence-electron chi connectivity index (χ1n) is 7.86. The van der Waals surface area contributed by atoms with Crippen molar-refractivity contribution in [3.05, 3.63) is 30.0 Å². The summed E-state index contributed by atoms with van der Waals surface area (Å²) in [5.41, 5.74) is 2.01. The molecular weight excluding hydrogens is 262 g/mol. The molecule has 1 saturated carbocycles. The molecule has 2 atom stereocenters. The van der Waals surface area contributed by atoms with E-state index in [0.717, 1.165) is 23.0 Å². The zero-order chi connectivity index (χ0) is 14.8. The molecule has 21 heavy (non-hydrogen) atoms. The van der Waals surface area contributed by atoms with E-state index < -0.39 is 0 Å². The van der Waals surface area contributed by atoms with Crippen LogP contribution in [0.25, 0.3) is 10.9 Å². The van der Waals surface area contributed by atoms with E-state index in [1.165, 1.54) is 19.3 Å². The maximum Gasteiger partial charge on any atom is 0.241 e. The molecule has 112 valence electrons. The lowest BCUT2D eigenvalue weighted by molar-refractivity contribution is -0.123. The average molecular weight is 285 g/mol. The van der Waals surface area contributed by atoms with Crippen LogP contribution < -0.4 is 5.32 Å². The van der Waals surface area contributed by atoms with Gasteiger partial charge in [0.05, 0.1) is 11.2 Å². The summed E-state index contributed by atoms with van der Waals surface area (Å²) >= 11 is 0. The Morgan fingerprint density at radius 3 is 2.90 bits per heavy atom. The number of carbonyl (C=O) groups is 1. The van der Waals surface area contributed by atoms with E-state index in [2.05, 4.69) is 23.4 Å². The Morgan fingerprint density at radius 1 is 1.33 bits per heavy atom. The number of amides is 1. The van der Waals surface area contributed by atoms with Crippen molar-refractivity contribution >= 4 is 16.8 Å². The van der Waals surface area contributed by atoms with Gasteiger partial charge in [-0.05, 0) is 31.7 Å². The van der Waals surface area contributed by atoms with E-state index in [1.807, 2.05) is 29.8 Å². The number of carbonyl (C=O) groups excluding carboxylic acids is 1. The molecule has 2 unspecified atom stereocenters. The van der Waals surface area contributed by atoms with Crippen LogP contribution in [0.1, 0.15) is 38.3 Å². The molecule has 1 amide bonds. The number of nitrogens with one attached hydrogen (secondary N) is 1. The highest BCUT2D eigenvalue weighted by Gasteiger charge is 2.23. The molecule has 1 fully saturated rings. The fraction of sp³-hybridized carbons (Fsp3) is 0.529. The number of aromatic nitrogens is 2. The van der Waals surface area contributed by atoms with Crippen LogP contribution in [0, 0.1) is 12.8 Å². The number of benzene rings is 1. The van der Waals surface area contributed by atoms with E-state index in [4.69, 9.17) is 0 Å². The van der Waals surface area contributed by atoms with E-state index in [1.54, 1.807) is 0 Å². The molecule has 2 aromatic rings. The van der Waals surface area contributed by atoms with E-state index in [9.17, 15) is 4.79 Å². The first kappa shape index (κ1) is 14.1. The van der Waals surface area contributed by atoms with Crippen molar-refractivity contribution in [3.8, 4) is 0 Å². The number of fused-ring (bicyclic) bond motifs is 1. The van der Waals surface area contributed by atoms with Gasteiger partial charge in [-0.3, -0.25) is 9.48 Å². The minimum Gasteiger partial charge on any atom is -0.351 e. The zero-order valence-electron chi connectivity index (χ0n) is 12.8. The number of rotatable bonds is 3. The molecule has 4 heteroatoms. The normalized spacial score (nSPS) is 22.4. The minimum atomic E-state index is 0.0713. The highest BCUT2D eigenvalue weighted by molar-refractivity contribution is 5.84. The number of nitrogens with zero attached hydrogens (tertiary/aromatic N) is 2. The van der Waals surface area contributed by atoms with Crippen molar-refractivity contribution in [2.45, 2.75) is 52.1 Å². The SMILES string of the molecule is Cc1nn(CC(=O)NC2CCCCC2C)c2ccccc12. The Kier molecular flexibility index (Phi) is 3.95. The lowest BCUT2D eigenvalue weighted by Crippen LogP contribution is -2.42. The van der Waals surface area contributed by atoms with Gasteiger partial charge in [-0.2, -0.15) is 5.10 Å². The number of hydrogen-bond donors (Lipinski definition) is 1. The maximum absolute atomic E-state index is 12.3. The quantitative estimate of drug-likeness (QED) is 0.942. The zero-order valence-corrected chi connectivity index (χ0v) is 12.8. The van der Waals surface area contributed by atoms with Crippen LogP contribution in [0.2, 0.25) is 0 Å². The molecule has 3 rings (SSSR count). The van der Waals surface area contributed by atoms with Crippen molar-refractivity contribution in [1.82, 2.24) is 15.1 Å². The van der Waals surface area contributed by atoms with Gasteiger partial charge in [-0.25, -0.2) is 0 Å². The van der Waals surface area contributed by atoms with Gasteiger partial charge in [0.1, 0.15) is 6.54 Å². The Balaban J connectivity index is 1.71. The largest absolute Gasteiger partial charge is 0.351 e. The summed E-state index contributed by atoms with van der Waals surface area (Å²) in [7, 11) is 0. The second-order valence-electron chi connectivity index (χ2n) is 6.20. The van der Waals surface area contributed by atoms with E-state index >= 15 is 0 Å². The van der Waals surface area contributed by atoms with Crippen LogP contribution in [0.4, 0.5) is 0 Å². The molecule has 0 spiro atoms. The molecule has 1 aliphatic carbocycles. The third-order valence-corrected chi connectivity index (χ3v) is 4.59. The summed E-state index contributed by atoms with van der Waals surface area (Å²) in [4.78, 5) is 12.3. The van der Waals surface area contributed by atoms with Crippen molar-refractivity contribution in [3.63, 3.8) is 0 Å². The molecule has 0 saturated heterocycles. The summed E-state index contributed by atoms with van der Waals surface area (Å²) in [5, 5.41) is 8.81. The molecule has 1 aromatic carbocycles. The lowest BCUT2D eigenvalue weighted by Gasteiger charge is -2.29.